The lowest BCUT2D eigenvalue weighted by Gasteiger charge is -2.35. The number of fused-ring (bicyclic) bond motifs is 1. The van der Waals surface area contributed by atoms with E-state index in [1.54, 1.807) is 7.05 Å². The number of piperazine rings is 1. The minimum atomic E-state index is 0. The Bertz CT molecular complexity index is 935. The highest BCUT2D eigenvalue weighted by molar-refractivity contribution is 14.0. The highest BCUT2D eigenvalue weighted by Crippen LogP contribution is 2.32. The van der Waals surface area contributed by atoms with Crippen LogP contribution < -0.4 is 25.0 Å². The van der Waals surface area contributed by atoms with Crippen molar-refractivity contribution in [1.82, 2.24) is 15.5 Å². The molecule has 9 heteroatoms. The Balaban J connectivity index is 0.00000289. The van der Waals surface area contributed by atoms with Gasteiger partial charge in [0.15, 0.2) is 17.5 Å². The number of benzene rings is 2. The maximum atomic E-state index is 6.58. The third-order valence-corrected chi connectivity index (χ3v) is 6.09. The topological polar surface area (TPSA) is 61.4 Å². The van der Waals surface area contributed by atoms with E-state index in [9.17, 15) is 0 Å². The molecule has 2 heterocycles. The first-order valence-electron chi connectivity index (χ1n) is 10.7. The third kappa shape index (κ3) is 6.11. The monoisotopic (exact) mass is 571 g/mol. The van der Waals surface area contributed by atoms with Crippen molar-refractivity contribution in [3.05, 3.63) is 52.5 Å². The Morgan fingerprint density at radius 2 is 1.84 bits per heavy atom. The van der Waals surface area contributed by atoms with Crippen LogP contribution in [0.25, 0.3) is 0 Å². The van der Waals surface area contributed by atoms with Crippen molar-refractivity contribution >= 4 is 47.2 Å². The molecule has 0 aliphatic carbocycles. The van der Waals surface area contributed by atoms with Crippen LogP contribution in [0, 0.1) is 0 Å². The summed E-state index contributed by atoms with van der Waals surface area (Å²) in [6.45, 7) is 5.80. The van der Waals surface area contributed by atoms with Gasteiger partial charge in [-0.25, -0.2) is 0 Å². The second-order valence-electron chi connectivity index (χ2n) is 7.82. The fourth-order valence-corrected chi connectivity index (χ4v) is 4.12. The molecule has 4 rings (SSSR count). The van der Waals surface area contributed by atoms with Crippen molar-refractivity contribution in [2.45, 2.75) is 13.0 Å². The van der Waals surface area contributed by atoms with E-state index in [0.29, 0.717) is 13.3 Å². The lowest BCUT2D eigenvalue weighted by atomic mass is 10.1. The van der Waals surface area contributed by atoms with E-state index in [4.69, 9.17) is 21.1 Å². The van der Waals surface area contributed by atoms with Crippen LogP contribution in [0.1, 0.15) is 11.1 Å². The van der Waals surface area contributed by atoms with Crippen LogP contribution in [0.3, 0.4) is 0 Å². The quantitative estimate of drug-likeness (QED) is 0.315. The van der Waals surface area contributed by atoms with Crippen LogP contribution in [0.15, 0.2) is 41.4 Å². The summed E-state index contributed by atoms with van der Waals surface area (Å²) in [5.41, 5.74) is 3.49. The summed E-state index contributed by atoms with van der Waals surface area (Å²) in [4.78, 5) is 9.13. The van der Waals surface area contributed by atoms with Gasteiger partial charge in [-0.15, -0.1) is 24.0 Å². The van der Waals surface area contributed by atoms with Crippen molar-refractivity contribution in [1.29, 1.82) is 0 Å². The van der Waals surface area contributed by atoms with Crippen molar-refractivity contribution in [3.63, 3.8) is 0 Å². The molecule has 2 aliphatic rings. The number of nitrogens with one attached hydrogen (secondary N) is 2. The molecule has 2 aromatic carbocycles. The number of guanidine groups is 1. The molecule has 0 aromatic heterocycles. The zero-order valence-electron chi connectivity index (χ0n) is 18.6. The summed E-state index contributed by atoms with van der Waals surface area (Å²) in [6.07, 6.45) is 0.857. The Kier molecular flexibility index (Phi) is 9.12. The Morgan fingerprint density at radius 1 is 1.06 bits per heavy atom. The molecule has 0 radical (unpaired) electrons. The summed E-state index contributed by atoms with van der Waals surface area (Å²) in [5, 5.41) is 7.58. The maximum absolute atomic E-state index is 6.58. The van der Waals surface area contributed by atoms with E-state index < -0.39 is 0 Å². The number of hydrogen-bond acceptors (Lipinski definition) is 5. The van der Waals surface area contributed by atoms with E-state index in [0.717, 1.165) is 67.2 Å². The number of nitrogens with zero attached hydrogens (tertiary/aromatic N) is 3. The van der Waals surface area contributed by atoms with Gasteiger partial charge in [-0.3, -0.25) is 4.99 Å². The first-order chi connectivity index (χ1) is 15.1. The second kappa shape index (κ2) is 11.8. The van der Waals surface area contributed by atoms with Gasteiger partial charge >= 0.3 is 0 Å². The molecule has 0 spiro atoms. The summed E-state index contributed by atoms with van der Waals surface area (Å²) >= 11 is 6.58. The molecule has 0 unspecified atom stereocenters. The molecule has 7 nitrogen and oxygen atoms in total. The van der Waals surface area contributed by atoms with Gasteiger partial charge in [0, 0.05) is 62.6 Å². The summed E-state index contributed by atoms with van der Waals surface area (Å²) in [6, 6.07) is 12.2. The highest BCUT2D eigenvalue weighted by atomic mass is 127. The van der Waals surface area contributed by atoms with Gasteiger partial charge in [0.1, 0.15) is 0 Å². The number of rotatable bonds is 6. The van der Waals surface area contributed by atoms with Gasteiger partial charge in [0.05, 0.1) is 0 Å². The summed E-state index contributed by atoms with van der Waals surface area (Å²) < 4.78 is 10.8. The number of halogens is 2. The average Bonchev–Trinajstić information content (AvgIpc) is 3.25. The minimum Gasteiger partial charge on any atom is -0.454 e. The van der Waals surface area contributed by atoms with Crippen LogP contribution in [0.4, 0.5) is 5.69 Å². The minimum absolute atomic E-state index is 0. The van der Waals surface area contributed by atoms with Crippen molar-refractivity contribution in [3.8, 4) is 11.5 Å². The molecular formula is C23H31ClIN5O2. The Labute approximate surface area is 212 Å². The Hall–Kier alpha value is -1.91. The standard InChI is InChI=1S/C23H30ClN5O2.HI/c1-25-23(26-9-8-17-6-7-21-22(14-17)31-16-30-21)27-15-18-19(24)4-3-5-20(18)29-12-10-28(2)11-13-29;/h3-7,14H,8-13,15-16H2,1-2H3,(H2,25,26,27);1H. The second-order valence-corrected chi connectivity index (χ2v) is 8.23. The lowest BCUT2D eigenvalue weighted by molar-refractivity contribution is 0.174. The van der Waals surface area contributed by atoms with Crippen molar-refractivity contribution in [2.24, 2.45) is 4.99 Å². The molecule has 0 saturated carbocycles. The molecule has 0 amide bonds. The van der Waals surface area contributed by atoms with Crippen LogP contribution in [-0.2, 0) is 13.0 Å². The van der Waals surface area contributed by atoms with Crippen LogP contribution >= 0.6 is 35.6 Å². The molecule has 1 fully saturated rings. The van der Waals surface area contributed by atoms with Crippen molar-refractivity contribution < 1.29 is 9.47 Å². The SMILES string of the molecule is CN=C(NCCc1ccc2c(c1)OCO2)NCc1c(Cl)cccc1N1CCN(C)CC1.I. The summed E-state index contributed by atoms with van der Waals surface area (Å²) in [7, 11) is 3.95. The van der Waals surface area contributed by atoms with Gasteiger partial charge in [0.2, 0.25) is 6.79 Å². The lowest BCUT2D eigenvalue weighted by Crippen LogP contribution is -2.45. The van der Waals surface area contributed by atoms with Gasteiger partial charge in [0.25, 0.3) is 0 Å². The zero-order chi connectivity index (χ0) is 21.6. The van der Waals surface area contributed by atoms with Crippen LogP contribution in [0.2, 0.25) is 5.02 Å². The fourth-order valence-electron chi connectivity index (χ4n) is 3.88. The van der Waals surface area contributed by atoms with E-state index >= 15 is 0 Å². The number of ether oxygens (including phenoxy) is 2. The molecule has 32 heavy (non-hydrogen) atoms. The highest BCUT2D eigenvalue weighted by Gasteiger charge is 2.18. The largest absolute Gasteiger partial charge is 0.454 e. The zero-order valence-corrected chi connectivity index (χ0v) is 21.7. The number of aliphatic imine (C=N–C) groups is 1. The van der Waals surface area contributed by atoms with Gasteiger partial charge in [-0.1, -0.05) is 23.7 Å². The predicted molar refractivity (Wildman–Crippen MR) is 141 cm³/mol. The molecule has 1 saturated heterocycles. The van der Waals surface area contributed by atoms with Gasteiger partial charge < -0.3 is 29.9 Å². The van der Waals surface area contributed by atoms with E-state index in [-0.39, 0.29) is 24.0 Å². The Morgan fingerprint density at radius 3 is 2.62 bits per heavy atom. The van der Waals surface area contributed by atoms with E-state index in [2.05, 4.69) is 44.6 Å². The molecule has 0 bridgehead atoms. The normalized spacial score (nSPS) is 16.0. The van der Waals surface area contributed by atoms with E-state index in [1.807, 2.05) is 24.3 Å². The molecule has 2 aromatic rings. The number of likely N-dealkylation sites (N-methyl/N-ethyl adjacent to an activating group) is 1. The smallest absolute Gasteiger partial charge is 0.231 e. The number of hydrogen-bond donors (Lipinski definition) is 2. The molecule has 2 N–H and O–H groups in total. The molecule has 0 atom stereocenters. The van der Waals surface area contributed by atoms with Crippen molar-refractivity contribution in [2.75, 3.05) is 58.5 Å². The summed E-state index contributed by atoms with van der Waals surface area (Å²) in [5.74, 6) is 2.38. The third-order valence-electron chi connectivity index (χ3n) is 5.74. The van der Waals surface area contributed by atoms with Gasteiger partial charge in [-0.2, -0.15) is 0 Å². The average molecular weight is 572 g/mol. The van der Waals surface area contributed by atoms with Crippen LogP contribution in [0.5, 0.6) is 11.5 Å². The van der Waals surface area contributed by atoms with E-state index in [1.165, 1.54) is 11.3 Å². The predicted octanol–water partition coefficient (Wildman–Crippen LogP) is 3.35. The maximum Gasteiger partial charge on any atom is 0.231 e. The first-order valence-corrected chi connectivity index (χ1v) is 11.1. The van der Waals surface area contributed by atoms with Crippen LogP contribution in [-0.4, -0.2) is 64.5 Å². The fraction of sp³-hybridized carbons (Fsp3) is 0.435. The molecule has 2 aliphatic heterocycles. The van der Waals surface area contributed by atoms with Gasteiger partial charge in [-0.05, 0) is 43.3 Å². The number of anilines is 1. The first kappa shape index (κ1) is 24.7. The molecule has 174 valence electrons. The molecular weight excluding hydrogens is 541 g/mol.